The van der Waals surface area contributed by atoms with E-state index in [1.807, 2.05) is 0 Å². The second-order valence-corrected chi connectivity index (χ2v) is 11.9. The summed E-state index contributed by atoms with van der Waals surface area (Å²) < 4.78 is 5.09. The first kappa shape index (κ1) is 33.2. The molecule has 1 heterocycles. The molecule has 0 bridgehead atoms. The standard InChI is InChI=1S/C34H67N2/c1-5-7-9-11-13-14-15-16-17-18-19-20-21-22-23-25-27-29-34-35(31-32-36(34)33(3)4)30-28-26-24-12-10-8-6-2/h31-33H,5-30H2,1-4H3/q+1. The van der Waals surface area contributed by atoms with E-state index in [1.165, 1.54) is 167 Å². The van der Waals surface area contributed by atoms with Crippen LogP contribution in [-0.4, -0.2) is 4.57 Å². The summed E-state index contributed by atoms with van der Waals surface area (Å²) in [6, 6.07) is 0.570. The molecule has 0 saturated heterocycles. The van der Waals surface area contributed by atoms with E-state index in [0.29, 0.717) is 6.04 Å². The van der Waals surface area contributed by atoms with Crippen molar-refractivity contribution in [2.24, 2.45) is 0 Å². The van der Waals surface area contributed by atoms with Crippen molar-refractivity contribution in [1.82, 2.24) is 4.57 Å². The molecule has 36 heavy (non-hydrogen) atoms. The molecule has 2 nitrogen and oxygen atoms in total. The quantitative estimate of drug-likeness (QED) is 0.0833. The zero-order valence-electron chi connectivity index (χ0n) is 25.5. The van der Waals surface area contributed by atoms with Gasteiger partial charge in [0.1, 0.15) is 12.4 Å². The third-order valence-electron chi connectivity index (χ3n) is 8.10. The highest BCUT2D eigenvalue weighted by Gasteiger charge is 2.18. The summed E-state index contributed by atoms with van der Waals surface area (Å²) in [7, 11) is 0. The Labute approximate surface area is 228 Å². The monoisotopic (exact) mass is 504 g/mol. The van der Waals surface area contributed by atoms with E-state index in [1.54, 1.807) is 5.82 Å². The Bertz CT molecular complexity index is 574. The van der Waals surface area contributed by atoms with Crippen LogP contribution in [0.3, 0.4) is 0 Å². The van der Waals surface area contributed by atoms with Gasteiger partial charge in [0, 0.05) is 6.42 Å². The van der Waals surface area contributed by atoms with Crippen LogP contribution in [0.2, 0.25) is 0 Å². The molecule has 0 saturated carbocycles. The van der Waals surface area contributed by atoms with Crippen LogP contribution in [0.25, 0.3) is 0 Å². The van der Waals surface area contributed by atoms with E-state index in [4.69, 9.17) is 0 Å². The van der Waals surface area contributed by atoms with Crippen molar-refractivity contribution in [3.8, 4) is 0 Å². The zero-order chi connectivity index (χ0) is 26.1. The second-order valence-electron chi connectivity index (χ2n) is 11.9. The van der Waals surface area contributed by atoms with E-state index in [2.05, 4.69) is 49.2 Å². The predicted octanol–water partition coefficient (Wildman–Crippen LogP) is 11.3. The fourth-order valence-corrected chi connectivity index (χ4v) is 5.67. The van der Waals surface area contributed by atoms with Crippen LogP contribution in [0.5, 0.6) is 0 Å². The maximum Gasteiger partial charge on any atom is 0.256 e. The molecule has 0 aliphatic heterocycles. The molecule has 1 rings (SSSR count). The maximum absolute atomic E-state index is 2.57. The van der Waals surface area contributed by atoms with Gasteiger partial charge >= 0.3 is 0 Å². The van der Waals surface area contributed by atoms with E-state index in [0.717, 1.165) is 0 Å². The molecule has 0 aliphatic carbocycles. The van der Waals surface area contributed by atoms with Gasteiger partial charge in [-0.15, -0.1) is 0 Å². The van der Waals surface area contributed by atoms with Crippen molar-refractivity contribution >= 4 is 0 Å². The van der Waals surface area contributed by atoms with Gasteiger partial charge in [0.05, 0.1) is 12.6 Å². The summed E-state index contributed by atoms with van der Waals surface area (Å²) in [5.74, 6) is 1.57. The van der Waals surface area contributed by atoms with Gasteiger partial charge in [0.15, 0.2) is 0 Å². The highest BCUT2D eigenvalue weighted by atomic mass is 15.2. The molecule has 2 heteroatoms. The summed E-state index contributed by atoms with van der Waals surface area (Å²) in [6.07, 6.45) is 40.3. The molecule has 0 fully saturated rings. The Hall–Kier alpha value is -0.790. The van der Waals surface area contributed by atoms with Gasteiger partial charge in [-0.05, 0) is 33.1 Å². The highest BCUT2D eigenvalue weighted by Crippen LogP contribution is 2.16. The summed E-state index contributed by atoms with van der Waals surface area (Å²) in [5.41, 5.74) is 0. The molecule has 0 atom stereocenters. The summed E-state index contributed by atoms with van der Waals surface area (Å²) in [6.45, 7) is 10.5. The molecular formula is C34H67N2+. The van der Waals surface area contributed by atoms with E-state index >= 15 is 0 Å². The normalized spacial score (nSPS) is 11.7. The lowest BCUT2D eigenvalue weighted by atomic mass is 10.0. The Kier molecular flexibility index (Phi) is 22.7. The molecule has 0 unspecified atom stereocenters. The SMILES string of the molecule is CCCCCCCCCCCCCCCCCCCc1n(C(C)C)cc[n+]1CCCCCCCCC. The first-order valence-corrected chi connectivity index (χ1v) is 16.8. The van der Waals surface area contributed by atoms with Crippen molar-refractivity contribution in [2.45, 2.75) is 201 Å². The van der Waals surface area contributed by atoms with E-state index in [9.17, 15) is 0 Å². The van der Waals surface area contributed by atoms with E-state index < -0.39 is 0 Å². The molecule has 0 N–H and O–H groups in total. The minimum Gasteiger partial charge on any atom is -0.234 e. The lowest BCUT2D eigenvalue weighted by molar-refractivity contribution is -0.704. The first-order valence-electron chi connectivity index (χ1n) is 16.8. The highest BCUT2D eigenvalue weighted by molar-refractivity contribution is 4.86. The average molecular weight is 504 g/mol. The van der Waals surface area contributed by atoms with Crippen molar-refractivity contribution in [3.63, 3.8) is 0 Å². The topological polar surface area (TPSA) is 8.81 Å². The summed E-state index contributed by atoms with van der Waals surface area (Å²) in [4.78, 5) is 0. The van der Waals surface area contributed by atoms with Crippen LogP contribution in [0.15, 0.2) is 12.4 Å². The molecular weight excluding hydrogens is 436 g/mol. The minimum absolute atomic E-state index is 0.570. The number of aromatic nitrogens is 2. The fourth-order valence-electron chi connectivity index (χ4n) is 5.67. The molecule has 0 aliphatic rings. The predicted molar refractivity (Wildman–Crippen MR) is 161 cm³/mol. The first-order chi connectivity index (χ1) is 17.7. The number of hydrogen-bond donors (Lipinski definition) is 0. The fraction of sp³-hybridized carbons (Fsp3) is 0.912. The largest absolute Gasteiger partial charge is 0.256 e. The third kappa shape index (κ3) is 17.6. The van der Waals surface area contributed by atoms with Crippen molar-refractivity contribution in [1.29, 1.82) is 0 Å². The summed E-state index contributed by atoms with van der Waals surface area (Å²) in [5, 5.41) is 0. The number of aryl methyl sites for hydroxylation is 1. The van der Waals surface area contributed by atoms with Crippen molar-refractivity contribution in [2.75, 3.05) is 0 Å². The Morgan fingerprint density at radius 2 is 0.889 bits per heavy atom. The lowest BCUT2D eigenvalue weighted by Gasteiger charge is -2.08. The Morgan fingerprint density at radius 1 is 0.528 bits per heavy atom. The van der Waals surface area contributed by atoms with Gasteiger partial charge in [-0.1, -0.05) is 149 Å². The van der Waals surface area contributed by atoms with Gasteiger partial charge in [0.25, 0.3) is 5.82 Å². The molecule has 0 spiro atoms. The minimum atomic E-state index is 0.570. The molecule has 1 aromatic heterocycles. The number of imidazole rings is 1. The smallest absolute Gasteiger partial charge is 0.234 e. The number of nitrogens with zero attached hydrogens (tertiary/aromatic N) is 2. The van der Waals surface area contributed by atoms with E-state index in [-0.39, 0.29) is 0 Å². The van der Waals surface area contributed by atoms with Gasteiger partial charge in [-0.25, -0.2) is 9.13 Å². The molecule has 1 aromatic rings. The van der Waals surface area contributed by atoms with Crippen LogP contribution in [0, 0.1) is 0 Å². The lowest BCUT2D eigenvalue weighted by Crippen LogP contribution is -2.37. The van der Waals surface area contributed by atoms with Crippen LogP contribution in [0.1, 0.15) is 194 Å². The van der Waals surface area contributed by atoms with Crippen molar-refractivity contribution < 1.29 is 4.57 Å². The average Bonchev–Trinajstić information content (AvgIpc) is 3.28. The summed E-state index contributed by atoms with van der Waals surface area (Å²) >= 11 is 0. The van der Waals surface area contributed by atoms with Gasteiger partial charge in [-0.3, -0.25) is 0 Å². The Balaban J connectivity index is 2.03. The number of unbranched alkanes of at least 4 members (excludes halogenated alkanes) is 22. The zero-order valence-corrected chi connectivity index (χ0v) is 25.5. The molecule has 0 amide bonds. The van der Waals surface area contributed by atoms with Gasteiger partial charge < -0.3 is 0 Å². The molecule has 0 aromatic carbocycles. The Morgan fingerprint density at radius 3 is 1.28 bits per heavy atom. The van der Waals surface area contributed by atoms with Crippen molar-refractivity contribution in [3.05, 3.63) is 18.2 Å². The second kappa shape index (κ2) is 24.5. The van der Waals surface area contributed by atoms with Crippen LogP contribution in [0.4, 0.5) is 0 Å². The van der Waals surface area contributed by atoms with Crippen LogP contribution >= 0.6 is 0 Å². The third-order valence-corrected chi connectivity index (χ3v) is 8.10. The number of rotatable bonds is 27. The molecule has 0 radical (unpaired) electrons. The maximum atomic E-state index is 2.57. The van der Waals surface area contributed by atoms with Crippen LogP contribution < -0.4 is 4.57 Å². The van der Waals surface area contributed by atoms with Crippen LogP contribution in [-0.2, 0) is 13.0 Å². The molecule has 212 valence electrons. The van der Waals surface area contributed by atoms with Gasteiger partial charge in [0.2, 0.25) is 0 Å². The number of hydrogen-bond acceptors (Lipinski definition) is 0. The van der Waals surface area contributed by atoms with Gasteiger partial charge in [-0.2, -0.15) is 0 Å².